The van der Waals surface area contributed by atoms with E-state index in [1.807, 2.05) is 31.2 Å². The third-order valence-corrected chi connectivity index (χ3v) is 4.21. The highest BCUT2D eigenvalue weighted by atomic mass is 35.5. The van der Waals surface area contributed by atoms with Gasteiger partial charge in [0.05, 0.1) is 6.61 Å². The molecule has 0 aliphatic carbocycles. The molecule has 0 aliphatic rings. The van der Waals surface area contributed by atoms with E-state index < -0.39 is 0 Å². The van der Waals surface area contributed by atoms with Crippen molar-refractivity contribution in [2.45, 2.75) is 33.4 Å². The van der Waals surface area contributed by atoms with E-state index in [0.717, 1.165) is 36.4 Å². The number of nitrogens with one attached hydrogen (secondary N) is 1. The van der Waals surface area contributed by atoms with Crippen LogP contribution in [0.25, 0.3) is 0 Å². The zero-order valence-electron chi connectivity index (χ0n) is 14.1. The fourth-order valence-electron chi connectivity index (χ4n) is 2.28. The van der Waals surface area contributed by atoms with E-state index in [0.29, 0.717) is 29.0 Å². The largest absolute Gasteiger partial charge is 0.490 e. The van der Waals surface area contributed by atoms with Gasteiger partial charge in [-0.3, -0.25) is 0 Å². The van der Waals surface area contributed by atoms with Gasteiger partial charge in [0.25, 0.3) is 0 Å². The molecule has 2 rings (SSSR count). The van der Waals surface area contributed by atoms with Crippen molar-refractivity contribution in [3.05, 3.63) is 57.6 Å². The molecular weight excluding hydrogens is 345 g/mol. The molecule has 0 saturated heterocycles. The average Bonchev–Trinajstić information content (AvgIpc) is 2.56. The van der Waals surface area contributed by atoms with Crippen LogP contribution in [0.2, 0.25) is 10.0 Å². The number of ether oxygens (including phenoxy) is 2. The second kappa shape index (κ2) is 9.77. The maximum Gasteiger partial charge on any atom is 0.161 e. The van der Waals surface area contributed by atoms with Crippen LogP contribution in [-0.4, -0.2) is 13.2 Å². The number of hydrogen-bond donors (Lipinski definition) is 1. The van der Waals surface area contributed by atoms with E-state index >= 15 is 0 Å². The zero-order valence-corrected chi connectivity index (χ0v) is 15.6. The van der Waals surface area contributed by atoms with E-state index in [9.17, 15) is 0 Å². The first-order valence-corrected chi connectivity index (χ1v) is 8.93. The van der Waals surface area contributed by atoms with Crippen molar-refractivity contribution in [2.75, 3.05) is 13.2 Å². The quantitative estimate of drug-likeness (QED) is 0.596. The normalized spacial score (nSPS) is 10.7. The fourth-order valence-corrected chi connectivity index (χ4v) is 2.79. The van der Waals surface area contributed by atoms with E-state index in [1.54, 1.807) is 12.1 Å². The molecule has 2 aromatic carbocycles. The van der Waals surface area contributed by atoms with Crippen molar-refractivity contribution < 1.29 is 9.47 Å². The second-order valence-corrected chi connectivity index (χ2v) is 6.19. The standard InChI is InChI=1S/C19H23Cl2NO2/c1-3-10-22-12-14-8-9-18(19(11-14)23-4-2)24-13-15-16(20)6-5-7-17(15)21/h5-9,11,22H,3-4,10,12-13H2,1-2H3. The summed E-state index contributed by atoms with van der Waals surface area (Å²) in [5.74, 6) is 1.42. The highest BCUT2D eigenvalue weighted by Crippen LogP contribution is 2.31. The van der Waals surface area contributed by atoms with Gasteiger partial charge in [0.2, 0.25) is 0 Å². The molecule has 0 heterocycles. The summed E-state index contributed by atoms with van der Waals surface area (Å²) in [6.07, 6.45) is 1.11. The molecular formula is C19H23Cl2NO2. The molecule has 0 aliphatic heterocycles. The SMILES string of the molecule is CCCNCc1ccc(OCc2c(Cl)cccc2Cl)c(OCC)c1. The first-order valence-electron chi connectivity index (χ1n) is 8.17. The highest BCUT2D eigenvalue weighted by Gasteiger charge is 2.10. The van der Waals surface area contributed by atoms with Crippen LogP contribution in [0.5, 0.6) is 11.5 Å². The van der Waals surface area contributed by atoms with Gasteiger partial charge in [0.1, 0.15) is 6.61 Å². The van der Waals surface area contributed by atoms with Gasteiger partial charge >= 0.3 is 0 Å². The molecule has 2 aromatic rings. The molecule has 0 saturated carbocycles. The van der Waals surface area contributed by atoms with Gasteiger partial charge in [-0.25, -0.2) is 0 Å². The monoisotopic (exact) mass is 367 g/mol. The van der Waals surface area contributed by atoms with Crippen molar-refractivity contribution in [3.63, 3.8) is 0 Å². The number of benzene rings is 2. The van der Waals surface area contributed by atoms with Crippen LogP contribution >= 0.6 is 23.2 Å². The van der Waals surface area contributed by atoms with Gasteiger partial charge in [0, 0.05) is 22.2 Å². The molecule has 0 amide bonds. The van der Waals surface area contributed by atoms with Gasteiger partial charge in [-0.2, -0.15) is 0 Å². The number of halogens is 2. The van der Waals surface area contributed by atoms with Crippen molar-refractivity contribution >= 4 is 23.2 Å². The summed E-state index contributed by atoms with van der Waals surface area (Å²) in [4.78, 5) is 0. The Morgan fingerprint density at radius 2 is 1.71 bits per heavy atom. The van der Waals surface area contributed by atoms with Gasteiger partial charge in [-0.1, -0.05) is 42.3 Å². The summed E-state index contributed by atoms with van der Waals surface area (Å²) < 4.78 is 11.6. The van der Waals surface area contributed by atoms with Gasteiger partial charge in [-0.05, 0) is 49.7 Å². The second-order valence-electron chi connectivity index (χ2n) is 5.38. The third-order valence-electron chi connectivity index (χ3n) is 3.50. The summed E-state index contributed by atoms with van der Waals surface area (Å²) in [6, 6.07) is 11.4. The minimum atomic E-state index is 0.298. The Morgan fingerprint density at radius 3 is 2.38 bits per heavy atom. The third kappa shape index (κ3) is 5.30. The topological polar surface area (TPSA) is 30.5 Å². The molecule has 0 spiro atoms. The lowest BCUT2D eigenvalue weighted by atomic mass is 10.2. The van der Waals surface area contributed by atoms with Crippen LogP contribution in [0.3, 0.4) is 0 Å². The molecule has 0 aromatic heterocycles. The minimum absolute atomic E-state index is 0.298. The molecule has 24 heavy (non-hydrogen) atoms. The van der Waals surface area contributed by atoms with E-state index in [4.69, 9.17) is 32.7 Å². The van der Waals surface area contributed by atoms with Gasteiger partial charge < -0.3 is 14.8 Å². The Hall–Kier alpha value is -1.42. The van der Waals surface area contributed by atoms with E-state index in [2.05, 4.69) is 12.2 Å². The van der Waals surface area contributed by atoms with Crippen LogP contribution in [0, 0.1) is 0 Å². The Balaban J connectivity index is 2.11. The summed E-state index contributed by atoms with van der Waals surface area (Å²) in [5, 5.41) is 4.58. The molecule has 0 bridgehead atoms. The van der Waals surface area contributed by atoms with Crippen molar-refractivity contribution in [2.24, 2.45) is 0 Å². The van der Waals surface area contributed by atoms with E-state index in [-0.39, 0.29) is 0 Å². The van der Waals surface area contributed by atoms with Crippen LogP contribution in [0.1, 0.15) is 31.4 Å². The smallest absolute Gasteiger partial charge is 0.161 e. The average molecular weight is 368 g/mol. The van der Waals surface area contributed by atoms with Crippen molar-refractivity contribution in [1.82, 2.24) is 5.32 Å². The molecule has 3 nitrogen and oxygen atoms in total. The van der Waals surface area contributed by atoms with Gasteiger partial charge in [-0.15, -0.1) is 0 Å². The molecule has 1 N–H and O–H groups in total. The van der Waals surface area contributed by atoms with Crippen LogP contribution in [-0.2, 0) is 13.2 Å². The lowest BCUT2D eigenvalue weighted by Gasteiger charge is -2.15. The molecule has 130 valence electrons. The van der Waals surface area contributed by atoms with Crippen LogP contribution < -0.4 is 14.8 Å². The fraction of sp³-hybridized carbons (Fsp3) is 0.368. The van der Waals surface area contributed by atoms with Crippen molar-refractivity contribution in [3.8, 4) is 11.5 Å². The Kier molecular flexibility index (Phi) is 7.70. The number of hydrogen-bond acceptors (Lipinski definition) is 3. The number of rotatable bonds is 9. The minimum Gasteiger partial charge on any atom is -0.490 e. The molecule has 0 unspecified atom stereocenters. The predicted molar refractivity (Wildman–Crippen MR) is 100 cm³/mol. The molecule has 0 fully saturated rings. The molecule has 5 heteroatoms. The lowest BCUT2D eigenvalue weighted by Crippen LogP contribution is -2.13. The summed E-state index contributed by atoms with van der Waals surface area (Å²) >= 11 is 12.4. The molecule has 0 radical (unpaired) electrons. The van der Waals surface area contributed by atoms with Gasteiger partial charge in [0.15, 0.2) is 11.5 Å². The Morgan fingerprint density at radius 1 is 0.958 bits per heavy atom. The molecule has 0 atom stereocenters. The summed E-state index contributed by atoms with van der Waals surface area (Å²) in [7, 11) is 0. The van der Waals surface area contributed by atoms with Crippen LogP contribution in [0.4, 0.5) is 0 Å². The zero-order chi connectivity index (χ0) is 17.4. The highest BCUT2D eigenvalue weighted by molar-refractivity contribution is 6.35. The van der Waals surface area contributed by atoms with E-state index in [1.165, 1.54) is 0 Å². The summed E-state index contributed by atoms with van der Waals surface area (Å²) in [5.41, 5.74) is 1.94. The first-order chi connectivity index (χ1) is 11.7. The first kappa shape index (κ1) is 18.9. The Bertz CT molecular complexity index is 642. The predicted octanol–water partition coefficient (Wildman–Crippen LogP) is 5.47. The summed E-state index contributed by atoms with van der Waals surface area (Å²) in [6.45, 7) is 6.78. The Labute approximate surface area is 153 Å². The maximum atomic E-state index is 6.19. The maximum absolute atomic E-state index is 6.19. The van der Waals surface area contributed by atoms with Crippen LogP contribution in [0.15, 0.2) is 36.4 Å². The van der Waals surface area contributed by atoms with Crippen molar-refractivity contribution in [1.29, 1.82) is 0 Å². The lowest BCUT2D eigenvalue weighted by molar-refractivity contribution is 0.269.